The molecule has 0 saturated carbocycles. The van der Waals surface area contributed by atoms with Crippen molar-refractivity contribution >= 4 is 16.0 Å². The van der Waals surface area contributed by atoms with Crippen molar-refractivity contribution in [3.05, 3.63) is 23.3 Å². The van der Waals surface area contributed by atoms with Crippen molar-refractivity contribution in [3.63, 3.8) is 0 Å². The van der Waals surface area contributed by atoms with E-state index in [1.165, 1.54) is 6.26 Å². The summed E-state index contributed by atoms with van der Waals surface area (Å²) in [5, 5.41) is 3.36. The highest BCUT2D eigenvalue weighted by molar-refractivity contribution is 7.88. The highest BCUT2D eigenvalue weighted by Gasteiger charge is 2.25. The summed E-state index contributed by atoms with van der Waals surface area (Å²) in [5.74, 6) is 2.68. The SMILES string of the molecule is CCNC(=NCC1CCN(S(C)(=O)=O)CC1)N(C)Cc1cc(OC)c(OC)cc1C. The predicted molar refractivity (Wildman–Crippen MR) is 121 cm³/mol. The van der Waals surface area contributed by atoms with E-state index in [0.29, 0.717) is 37.8 Å². The first-order valence-electron chi connectivity index (χ1n) is 10.4. The van der Waals surface area contributed by atoms with Crippen molar-refractivity contribution < 1.29 is 17.9 Å². The molecule has 0 unspecified atom stereocenters. The molecule has 0 aromatic heterocycles. The molecule has 1 fully saturated rings. The van der Waals surface area contributed by atoms with Crippen molar-refractivity contribution in [2.75, 3.05) is 53.7 Å². The molecule has 1 aliphatic rings. The van der Waals surface area contributed by atoms with Crippen molar-refractivity contribution in [3.8, 4) is 11.5 Å². The van der Waals surface area contributed by atoms with Crippen LogP contribution in [0.4, 0.5) is 0 Å². The van der Waals surface area contributed by atoms with Crippen LogP contribution in [-0.2, 0) is 16.6 Å². The Morgan fingerprint density at radius 2 is 1.83 bits per heavy atom. The van der Waals surface area contributed by atoms with Gasteiger partial charge in [-0.05, 0) is 55.9 Å². The normalized spacial score (nSPS) is 16.4. The molecule has 0 spiro atoms. The maximum absolute atomic E-state index is 11.7. The quantitative estimate of drug-likeness (QED) is 0.492. The zero-order chi connectivity index (χ0) is 22.3. The molecule has 0 radical (unpaired) electrons. The molecule has 1 aromatic carbocycles. The first-order valence-corrected chi connectivity index (χ1v) is 12.2. The highest BCUT2D eigenvalue weighted by Crippen LogP contribution is 2.30. The van der Waals surface area contributed by atoms with Crippen LogP contribution in [0.1, 0.15) is 30.9 Å². The van der Waals surface area contributed by atoms with Gasteiger partial charge in [0.15, 0.2) is 17.5 Å². The summed E-state index contributed by atoms with van der Waals surface area (Å²) in [6.07, 6.45) is 2.96. The van der Waals surface area contributed by atoms with E-state index < -0.39 is 10.0 Å². The average Bonchev–Trinajstić information content (AvgIpc) is 2.71. The fourth-order valence-corrected chi connectivity index (χ4v) is 4.51. The Morgan fingerprint density at radius 3 is 2.37 bits per heavy atom. The van der Waals surface area contributed by atoms with E-state index in [2.05, 4.69) is 24.1 Å². The molecular weight excluding hydrogens is 404 g/mol. The molecule has 0 bridgehead atoms. The minimum absolute atomic E-state index is 0.396. The number of guanidine groups is 1. The summed E-state index contributed by atoms with van der Waals surface area (Å²) in [5.41, 5.74) is 2.27. The van der Waals surface area contributed by atoms with Crippen LogP contribution in [0.15, 0.2) is 17.1 Å². The summed E-state index contributed by atoms with van der Waals surface area (Å²) in [7, 11) is 2.20. The third kappa shape index (κ3) is 6.50. The molecular formula is C21H36N4O4S. The summed E-state index contributed by atoms with van der Waals surface area (Å²) in [6.45, 7) is 7.42. The summed E-state index contributed by atoms with van der Waals surface area (Å²) < 4.78 is 35.8. The highest BCUT2D eigenvalue weighted by atomic mass is 32.2. The molecule has 1 heterocycles. The van der Waals surface area contributed by atoms with Gasteiger partial charge in [-0.3, -0.25) is 4.99 Å². The second kappa shape index (κ2) is 10.9. The van der Waals surface area contributed by atoms with E-state index in [0.717, 1.165) is 42.2 Å². The number of nitrogens with one attached hydrogen (secondary N) is 1. The van der Waals surface area contributed by atoms with Gasteiger partial charge < -0.3 is 19.7 Å². The largest absolute Gasteiger partial charge is 0.493 e. The summed E-state index contributed by atoms with van der Waals surface area (Å²) in [4.78, 5) is 6.93. The van der Waals surface area contributed by atoms with Gasteiger partial charge in [-0.1, -0.05) is 0 Å². The first kappa shape index (κ1) is 24.3. The minimum Gasteiger partial charge on any atom is -0.493 e. The molecule has 2 rings (SSSR count). The maximum atomic E-state index is 11.7. The smallest absolute Gasteiger partial charge is 0.211 e. The van der Waals surface area contributed by atoms with Gasteiger partial charge in [0.05, 0.1) is 20.5 Å². The number of aliphatic imine (C=N–C) groups is 1. The zero-order valence-electron chi connectivity index (χ0n) is 19.1. The van der Waals surface area contributed by atoms with Crippen LogP contribution in [0.2, 0.25) is 0 Å². The Morgan fingerprint density at radius 1 is 1.23 bits per heavy atom. The van der Waals surface area contributed by atoms with Crippen LogP contribution >= 0.6 is 0 Å². The minimum atomic E-state index is -3.09. The topological polar surface area (TPSA) is 83.5 Å². The fourth-order valence-electron chi connectivity index (χ4n) is 3.63. The van der Waals surface area contributed by atoms with Crippen molar-refractivity contribution in [1.82, 2.24) is 14.5 Å². The molecule has 8 nitrogen and oxygen atoms in total. The van der Waals surface area contributed by atoms with Crippen LogP contribution in [0.3, 0.4) is 0 Å². The van der Waals surface area contributed by atoms with E-state index in [1.807, 2.05) is 19.2 Å². The lowest BCUT2D eigenvalue weighted by molar-refractivity contribution is 0.279. The van der Waals surface area contributed by atoms with Crippen molar-refractivity contribution in [2.24, 2.45) is 10.9 Å². The fraction of sp³-hybridized carbons (Fsp3) is 0.667. The molecule has 1 aromatic rings. The summed E-state index contributed by atoms with van der Waals surface area (Å²) in [6, 6.07) is 4.00. The number of ether oxygens (including phenoxy) is 2. The zero-order valence-corrected chi connectivity index (χ0v) is 19.9. The lowest BCUT2D eigenvalue weighted by atomic mass is 9.98. The van der Waals surface area contributed by atoms with E-state index >= 15 is 0 Å². The van der Waals surface area contributed by atoms with Crippen LogP contribution in [0.25, 0.3) is 0 Å². The van der Waals surface area contributed by atoms with Gasteiger partial charge in [-0.15, -0.1) is 0 Å². The van der Waals surface area contributed by atoms with Crippen LogP contribution in [-0.4, -0.2) is 77.3 Å². The Balaban J connectivity index is 2.05. The first-order chi connectivity index (χ1) is 14.2. The molecule has 0 aliphatic carbocycles. The van der Waals surface area contributed by atoms with E-state index in [-0.39, 0.29) is 0 Å². The van der Waals surface area contributed by atoms with Crippen molar-refractivity contribution in [1.29, 1.82) is 0 Å². The molecule has 1 aliphatic heterocycles. The molecule has 30 heavy (non-hydrogen) atoms. The molecule has 0 amide bonds. The van der Waals surface area contributed by atoms with E-state index in [1.54, 1.807) is 18.5 Å². The maximum Gasteiger partial charge on any atom is 0.211 e. The van der Waals surface area contributed by atoms with Gasteiger partial charge in [-0.2, -0.15) is 0 Å². The summed E-state index contributed by atoms with van der Waals surface area (Å²) >= 11 is 0. The lowest BCUT2D eigenvalue weighted by Crippen LogP contribution is -2.40. The number of hydrogen-bond donors (Lipinski definition) is 1. The average molecular weight is 441 g/mol. The van der Waals surface area contributed by atoms with Crippen LogP contribution in [0.5, 0.6) is 11.5 Å². The second-order valence-corrected chi connectivity index (χ2v) is 9.77. The lowest BCUT2D eigenvalue weighted by Gasteiger charge is -2.30. The van der Waals surface area contributed by atoms with E-state index in [4.69, 9.17) is 14.5 Å². The Bertz CT molecular complexity index is 834. The third-order valence-corrected chi connectivity index (χ3v) is 6.79. The Labute approximate surface area is 181 Å². The number of sulfonamides is 1. The van der Waals surface area contributed by atoms with Gasteiger partial charge in [0, 0.05) is 39.8 Å². The molecule has 170 valence electrons. The number of aryl methyl sites for hydroxylation is 1. The molecule has 9 heteroatoms. The van der Waals surface area contributed by atoms with Gasteiger partial charge in [0.2, 0.25) is 10.0 Å². The van der Waals surface area contributed by atoms with Crippen LogP contribution in [0, 0.1) is 12.8 Å². The number of nitrogens with zero attached hydrogens (tertiary/aromatic N) is 3. The number of benzene rings is 1. The number of methoxy groups -OCH3 is 2. The van der Waals surface area contributed by atoms with Gasteiger partial charge >= 0.3 is 0 Å². The van der Waals surface area contributed by atoms with Gasteiger partial charge in [0.1, 0.15) is 0 Å². The van der Waals surface area contributed by atoms with E-state index in [9.17, 15) is 8.42 Å². The predicted octanol–water partition coefficient (Wildman–Crippen LogP) is 2.08. The number of rotatable bonds is 8. The molecule has 1 saturated heterocycles. The molecule has 0 atom stereocenters. The van der Waals surface area contributed by atoms with Crippen molar-refractivity contribution in [2.45, 2.75) is 33.2 Å². The number of piperidine rings is 1. The second-order valence-electron chi connectivity index (χ2n) is 7.79. The third-order valence-electron chi connectivity index (χ3n) is 5.49. The Hall–Kier alpha value is -2.00. The van der Waals surface area contributed by atoms with Gasteiger partial charge in [-0.25, -0.2) is 12.7 Å². The van der Waals surface area contributed by atoms with Crippen LogP contribution < -0.4 is 14.8 Å². The van der Waals surface area contributed by atoms with Gasteiger partial charge in [0.25, 0.3) is 0 Å². The number of hydrogen-bond acceptors (Lipinski definition) is 5. The monoisotopic (exact) mass is 440 g/mol. The Kier molecular flexibility index (Phi) is 8.78. The standard InChI is InChI=1S/C21H36N4O4S/c1-7-22-21(23-14-17-8-10-25(11-9-17)30(6,26)27)24(3)15-18-13-20(29-5)19(28-4)12-16(18)2/h12-13,17H,7-11,14-15H2,1-6H3,(H,22,23). The molecule has 1 N–H and O–H groups in total.